The summed E-state index contributed by atoms with van der Waals surface area (Å²) >= 11 is 0. The first-order valence-electron chi connectivity index (χ1n) is 7.44. The Balaban J connectivity index is 2.10. The maximum Gasteiger partial charge on any atom is 0.239 e. The van der Waals surface area contributed by atoms with Crippen molar-refractivity contribution < 1.29 is 9.59 Å². The first-order valence-corrected chi connectivity index (χ1v) is 7.44. The fourth-order valence-electron chi connectivity index (χ4n) is 2.96. The van der Waals surface area contributed by atoms with Crippen LogP contribution >= 0.6 is 0 Å². The molecule has 0 radical (unpaired) electrons. The summed E-state index contributed by atoms with van der Waals surface area (Å²) in [6.07, 6.45) is 0.650. The lowest BCUT2D eigenvalue weighted by Gasteiger charge is -2.26. The number of anilines is 1. The van der Waals surface area contributed by atoms with Gasteiger partial charge in [0.25, 0.3) is 0 Å². The van der Waals surface area contributed by atoms with Crippen LogP contribution in [0, 0.1) is 0 Å². The largest absolute Gasteiger partial charge is 0.399 e. The lowest BCUT2D eigenvalue weighted by Crippen LogP contribution is -2.35. The van der Waals surface area contributed by atoms with Crippen molar-refractivity contribution in [3.05, 3.63) is 35.5 Å². The molecule has 2 aromatic rings. The topological polar surface area (TPSA) is 107 Å². The maximum absolute atomic E-state index is 11.7. The molecule has 7 heteroatoms. The fourth-order valence-corrected chi connectivity index (χ4v) is 2.96. The maximum atomic E-state index is 11.7. The quantitative estimate of drug-likeness (QED) is 0.805. The molecule has 0 bridgehead atoms. The zero-order chi connectivity index (χ0) is 16.6. The zero-order valence-electron chi connectivity index (χ0n) is 13.0. The Hall–Kier alpha value is -2.83. The number of nitrogens with two attached hydrogens (primary N) is 2. The summed E-state index contributed by atoms with van der Waals surface area (Å²) in [6.45, 7) is 2.68. The van der Waals surface area contributed by atoms with E-state index in [9.17, 15) is 9.59 Å². The lowest BCUT2D eigenvalue weighted by molar-refractivity contribution is -0.129. The van der Waals surface area contributed by atoms with Gasteiger partial charge in [0.1, 0.15) is 6.54 Å². The number of rotatable bonds is 3. The van der Waals surface area contributed by atoms with Gasteiger partial charge in [-0.1, -0.05) is 12.1 Å². The Bertz CT molecular complexity index is 781. The molecule has 1 aromatic carbocycles. The highest BCUT2D eigenvalue weighted by atomic mass is 16.2. The van der Waals surface area contributed by atoms with Crippen LogP contribution in [0.3, 0.4) is 0 Å². The highest BCUT2D eigenvalue weighted by molar-refractivity contribution is 5.76. The van der Waals surface area contributed by atoms with Gasteiger partial charge in [-0.05, 0) is 12.1 Å². The third-order valence-corrected chi connectivity index (χ3v) is 4.04. The van der Waals surface area contributed by atoms with Gasteiger partial charge >= 0.3 is 0 Å². The van der Waals surface area contributed by atoms with E-state index >= 15 is 0 Å². The summed E-state index contributed by atoms with van der Waals surface area (Å²) in [7, 11) is 0. The van der Waals surface area contributed by atoms with Crippen LogP contribution in [0.25, 0.3) is 11.3 Å². The monoisotopic (exact) mass is 313 g/mol. The highest BCUT2D eigenvalue weighted by Crippen LogP contribution is 2.31. The number of nitrogens with zero attached hydrogens (tertiary/aromatic N) is 3. The second-order valence-electron chi connectivity index (χ2n) is 5.71. The van der Waals surface area contributed by atoms with Crippen molar-refractivity contribution >= 4 is 17.5 Å². The van der Waals surface area contributed by atoms with Gasteiger partial charge in [-0.25, -0.2) is 0 Å². The van der Waals surface area contributed by atoms with Crippen molar-refractivity contribution in [3.8, 4) is 11.3 Å². The molecule has 0 atom stereocenters. The van der Waals surface area contributed by atoms with Gasteiger partial charge in [-0.3, -0.25) is 14.3 Å². The predicted molar refractivity (Wildman–Crippen MR) is 86.1 cm³/mol. The van der Waals surface area contributed by atoms with E-state index in [1.54, 1.807) is 22.6 Å². The molecule has 2 amide bonds. The van der Waals surface area contributed by atoms with E-state index in [2.05, 4.69) is 5.10 Å². The molecule has 0 saturated heterocycles. The number of amides is 2. The van der Waals surface area contributed by atoms with Crippen LogP contribution < -0.4 is 11.5 Å². The van der Waals surface area contributed by atoms with Gasteiger partial charge in [0, 0.05) is 48.9 Å². The molecule has 0 fully saturated rings. The number of aromatic nitrogens is 2. The standard InChI is InChI=1S/C16H19N5O2/c1-10(22)20-6-5-14-13(8-20)16(19-21(14)9-15(18)23)11-3-2-4-12(17)7-11/h2-4,7H,5-6,8-9,17H2,1H3,(H2,18,23). The molecule has 0 unspecified atom stereocenters. The minimum atomic E-state index is -0.441. The minimum Gasteiger partial charge on any atom is -0.399 e. The Morgan fingerprint density at radius 3 is 2.78 bits per heavy atom. The molecule has 2 heterocycles. The van der Waals surface area contributed by atoms with E-state index in [0.717, 1.165) is 22.5 Å². The van der Waals surface area contributed by atoms with Crippen LogP contribution in [0.15, 0.2) is 24.3 Å². The first-order chi connectivity index (χ1) is 11.0. The molecular weight excluding hydrogens is 294 g/mol. The van der Waals surface area contributed by atoms with Crippen LogP contribution in [0.1, 0.15) is 18.2 Å². The van der Waals surface area contributed by atoms with Gasteiger partial charge in [0.2, 0.25) is 11.8 Å². The molecule has 3 rings (SSSR count). The molecule has 1 aromatic heterocycles. The molecule has 1 aliphatic heterocycles. The number of hydrogen-bond donors (Lipinski definition) is 2. The van der Waals surface area contributed by atoms with Gasteiger partial charge in [-0.2, -0.15) is 5.10 Å². The van der Waals surface area contributed by atoms with Crippen LogP contribution in [-0.4, -0.2) is 33.0 Å². The average Bonchev–Trinajstić information content (AvgIpc) is 2.84. The summed E-state index contributed by atoms with van der Waals surface area (Å²) in [5.74, 6) is -0.416. The van der Waals surface area contributed by atoms with Gasteiger partial charge < -0.3 is 16.4 Å². The number of nitrogen functional groups attached to an aromatic ring is 1. The Kier molecular flexibility index (Phi) is 3.77. The van der Waals surface area contributed by atoms with Gasteiger partial charge in [0.15, 0.2) is 0 Å². The molecule has 4 N–H and O–H groups in total. The number of primary amides is 1. The van der Waals surface area contributed by atoms with Crippen molar-refractivity contribution in [3.63, 3.8) is 0 Å². The summed E-state index contributed by atoms with van der Waals surface area (Å²) < 4.78 is 1.65. The first kappa shape index (κ1) is 15.1. The molecule has 1 aliphatic rings. The van der Waals surface area contributed by atoms with Gasteiger partial charge in [-0.15, -0.1) is 0 Å². The molecule has 0 aliphatic carbocycles. The lowest BCUT2D eigenvalue weighted by atomic mass is 10.0. The van der Waals surface area contributed by atoms with Crippen molar-refractivity contribution in [2.24, 2.45) is 5.73 Å². The molecule has 0 spiro atoms. The number of fused-ring (bicyclic) bond motifs is 1. The van der Waals surface area contributed by atoms with Crippen LogP contribution in [-0.2, 0) is 29.1 Å². The van der Waals surface area contributed by atoms with E-state index in [0.29, 0.717) is 25.2 Å². The van der Waals surface area contributed by atoms with E-state index in [1.807, 2.05) is 18.2 Å². The molecule has 120 valence electrons. The van der Waals surface area contributed by atoms with Crippen LogP contribution in [0.5, 0.6) is 0 Å². The van der Waals surface area contributed by atoms with Crippen LogP contribution in [0.4, 0.5) is 5.69 Å². The van der Waals surface area contributed by atoms with Crippen LogP contribution in [0.2, 0.25) is 0 Å². The molecule has 23 heavy (non-hydrogen) atoms. The normalized spacial score (nSPS) is 13.7. The summed E-state index contributed by atoms with van der Waals surface area (Å²) in [5, 5.41) is 4.56. The number of benzene rings is 1. The SMILES string of the molecule is CC(=O)N1CCc2c(c(-c3cccc(N)c3)nn2CC(N)=O)C1. The number of carbonyl (C=O) groups is 2. The predicted octanol–water partition coefficient (Wildman–Crippen LogP) is 0.522. The summed E-state index contributed by atoms with van der Waals surface area (Å²) in [4.78, 5) is 24.8. The van der Waals surface area contributed by atoms with E-state index in [1.165, 1.54) is 0 Å². The third kappa shape index (κ3) is 2.90. The molecular formula is C16H19N5O2. The third-order valence-electron chi connectivity index (χ3n) is 4.04. The Morgan fingerprint density at radius 2 is 2.13 bits per heavy atom. The van der Waals surface area contributed by atoms with Crippen molar-refractivity contribution in [2.45, 2.75) is 26.4 Å². The highest BCUT2D eigenvalue weighted by Gasteiger charge is 2.27. The number of carbonyl (C=O) groups excluding carboxylic acids is 2. The van der Waals surface area contributed by atoms with E-state index < -0.39 is 5.91 Å². The second-order valence-corrected chi connectivity index (χ2v) is 5.71. The van der Waals surface area contributed by atoms with Crippen molar-refractivity contribution in [1.29, 1.82) is 0 Å². The second kappa shape index (κ2) is 5.75. The van der Waals surface area contributed by atoms with Crippen molar-refractivity contribution in [2.75, 3.05) is 12.3 Å². The Labute approximate surface area is 133 Å². The Morgan fingerprint density at radius 1 is 1.35 bits per heavy atom. The van der Waals surface area contributed by atoms with Gasteiger partial charge in [0.05, 0.1) is 5.69 Å². The molecule has 0 saturated carbocycles. The summed E-state index contributed by atoms with van der Waals surface area (Å²) in [6, 6.07) is 7.41. The number of hydrogen-bond acceptors (Lipinski definition) is 4. The van der Waals surface area contributed by atoms with E-state index in [-0.39, 0.29) is 12.5 Å². The fraction of sp³-hybridized carbons (Fsp3) is 0.312. The minimum absolute atomic E-state index is 0.0248. The van der Waals surface area contributed by atoms with E-state index in [4.69, 9.17) is 11.5 Å². The summed E-state index contributed by atoms with van der Waals surface area (Å²) in [5.41, 5.74) is 15.4. The average molecular weight is 313 g/mol. The smallest absolute Gasteiger partial charge is 0.239 e. The van der Waals surface area contributed by atoms with Crippen molar-refractivity contribution in [1.82, 2.24) is 14.7 Å². The zero-order valence-corrected chi connectivity index (χ0v) is 13.0. The molecule has 7 nitrogen and oxygen atoms in total.